The molecule has 0 saturated carbocycles. The average molecular weight is 262 g/mol. The lowest BCUT2D eigenvalue weighted by Gasteiger charge is -2.10. The third-order valence-electron chi connectivity index (χ3n) is 2.24. The van der Waals surface area contributed by atoms with Gasteiger partial charge in [-0.3, -0.25) is 9.59 Å². The van der Waals surface area contributed by atoms with Crippen LogP contribution in [0.4, 0.5) is 0 Å². The van der Waals surface area contributed by atoms with Crippen molar-refractivity contribution in [2.75, 3.05) is 20.3 Å². The third kappa shape index (κ3) is 4.68. The van der Waals surface area contributed by atoms with Gasteiger partial charge < -0.3 is 14.8 Å². The van der Waals surface area contributed by atoms with Gasteiger partial charge in [0.25, 0.3) is 5.91 Å². The van der Waals surface area contributed by atoms with Gasteiger partial charge in [-0.2, -0.15) is 5.26 Å². The molecule has 0 aliphatic carbocycles. The van der Waals surface area contributed by atoms with Crippen molar-refractivity contribution >= 4 is 12.2 Å². The molecule has 6 heteroatoms. The van der Waals surface area contributed by atoms with Crippen LogP contribution >= 0.6 is 0 Å². The van der Waals surface area contributed by atoms with Crippen LogP contribution in [0.1, 0.15) is 16.8 Å². The third-order valence-corrected chi connectivity index (χ3v) is 2.24. The Balaban J connectivity index is 2.58. The lowest BCUT2D eigenvalue weighted by molar-refractivity contribution is -0.123. The maximum Gasteiger partial charge on any atom is 0.257 e. The van der Waals surface area contributed by atoms with Gasteiger partial charge >= 0.3 is 0 Å². The normalized spacial score (nSPS) is 9.26. The first-order chi connectivity index (χ1) is 9.21. The molecule has 1 N–H and O–H groups in total. The molecule has 100 valence electrons. The number of hydrogen-bond donors (Lipinski definition) is 1. The fraction of sp³-hybridized carbons (Fsp3) is 0.308. The van der Waals surface area contributed by atoms with Crippen LogP contribution in [0, 0.1) is 11.3 Å². The van der Waals surface area contributed by atoms with Crippen molar-refractivity contribution in [2.45, 2.75) is 6.42 Å². The number of nitrogens with zero attached hydrogens (tertiary/aromatic N) is 1. The number of rotatable bonds is 7. The molecule has 0 bridgehead atoms. The van der Waals surface area contributed by atoms with E-state index in [-0.39, 0.29) is 25.5 Å². The maximum atomic E-state index is 11.4. The molecule has 0 aliphatic rings. The largest absolute Gasteiger partial charge is 0.493 e. The van der Waals surface area contributed by atoms with E-state index in [4.69, 9.17) is 14.7 Å². The van der Waals surface area contributed by atoms with Gasteiger partial charge in [0, 0.05) is 12.1 Å². The molecule has 1 aromatic carbocycles. The number of benzene rings is 1. The molecule has 0 fully saturated rings. The first kappa shape index (κ1) is 14.5. The smallest absolute Gasteiger partial charge is 0.257 e. The summed E-state index contributed by atoms with van der Waals surface area (Å²) in [5.74, 6) is 0.423. The van der Waals surface area contributed by atoms with E-state index in [1.807, 2.05) is 6.07 Å². The van der Waals surface area contributed by atoms with E-state index >= 15 is 0 Å². The number of methoxy groups -OCH3 is 1. The lowest BCUT2D eigenvalue weighted by atomic mass is 10.2. The lowest BCUT2D eigenvalue weighted by Crippen LogP contribution is -2.29. The van der Waals surface area contributed by atoms with E-state index < -0.39 is 0 Å². The molecular formula is C13H14N2O4. The second-order valence-electron chi connectivity index (χ2n) is 3.57. The molecule has 1 amide bonds. The molecule has 6 nitrogen and oxygen atoms in total. The molecule has 0 saturated heterocycles. The molecule has 19 heavy (non-hydrogen) atoms. The van der Waals surface area contributed by atoms with Crippen LogP contribution < -0.4 is 14.8 Å². The van der Waals surface area contributed by atoms with Crippen molar-refractivity contribution in [2.24, 2.45) is 0 Å². The van der Waals surface area contributed by atoms with Crippen molar-refractivity contribution in [3.05, 3.63) is 23.8 Å². The maximum absolute atomic E-state index is 11.4. The number of amides is 1. The van der Waals surface area contributed by atoms with E-state index in [1.165, 1.54) is 13.2 Å². The highest BCUT2D eigenvalue weighted by Gasteiger charge is 2.08. The summed E-state index contributed by atoms with van der Waals surface area (Å²) in [6.07, 6.45) is 0.926. The van der Waals surface area contributed by atoms with E-state index in [2.05, 4.69) is 5.32 Å². The predicted octanol–water partition coefficient (Wildman–Crippen LogP) is 0.916. The summed E-state index contributed by atoms with van der Waals surface area (Å²) in [5.41, 5.74) is 0.431. The van der Waals surface area contributed by atoms with Gasteiger partial charge in [-0.05, 0) is 18.2 Å². The minimum Gasteiger partial charge on any atom is -0.493 e. The summed E-state index contributed by atoms with van der Waals surface area (Å²) in [6, 6.07) is 6.59. The topological polar surface area (TPSA) is 88.4 Å². The monoisotopic (exact) mass is 262 g/mol. The van der Waals surface area contributed by atoms with Crippen LogP contribution in [0.5, 0.6) is 11.5 Å². The fourth-order valence-corrected chi connectivity index (χ4v) is 1.33. The molecule has 0 radical (unpaired) electrons. The number of nitrogens with one attached hydrogen (secondary N) is 1. The number of carbonyl (C=O) groups excluding carboxylic acids is 2. The van der Waals surface area contributed by atoms with Crippen molar-refractivity contribution in [1.82, 2.24) is 5.32 Å². The van der Waals surface area contributed by atoms with Crippen molar-refractivity contribution in [1.29, 1.82) is 5.26 Å². The molecule has 0 spiro atoms. The second kappa shape index (κ2) is 7.71. The molecule has 1 rings (SSSR count). The van der Waals surface area contributed by atoms with Gasteiger partial charge in [0.1, 0.15) is 6.29 Å². The van der Waals surface area contributed by atoms with E-state index in [0.717, 1.165) is 0 Å². The van der Waals surface area contributed by atoms with Crippen molar-refractivity contribution < 1.29 is 19.1 Å². The van der Waals surface area contributed by atoms with Crippen LogP contribution in [0.3, 0.4) is 0 Å². The summed E-state index contributed by atoms with van der Waals surface area (Å²) in [5, 5.41) is 10.9. The van der Waals surface area contributed by atoms with E-state index in [1.54, 1.807) is 12.1 Å². The van der Waals surface area contributed by atoms with Crippen molar-refractivity contribution in [3.8, 4) is 17.6 Å². The average Bonchev–Trinajstić information content (AvgIpc) is 2.45. The summed E-state index contributed by atoms with van der Waals surface area (Å²) in [4.78, 5) is 22.1. The van der Waals surface area contributed by atoms with Crippen LogP contribution in [0.25, 0.3) is 0 Å². The SMILES string of the molecule is COc1ccc(C=O)cc1OCC(=O)NCCC#N. The fourth-order valence-electron chi connectivity index (χ4n) is 1.33. The number of aldehydes is 1. The molecule has 0 unspecified atom stereocenters. The van der Waals surface area contributed by atoms with Gasteiger partial charge in [-0.25, -0.2) is 0 Å². The number of carbonyl (C=O) groups is 2. The quantitative estimate of drug-likeness (QED) is 0.583. The van der Waals surface area contributed by atoms with Crippen LogP contribution in [-0.4, -0.2) is 32.5 Å². The number of hydrogen-bond acceptors (Lipinski definition) is 5. The van der Waals surface area contributed by atoms with Crippen LogP contribution in [0.2, 0.25) is 0 Å². The molecule has 0 heterocycles. The Morgan fingerprint density at radius 3 is 2.89 bits per heavy atom. The molecule has 0 atom stereocenters. The zero-order valence-corrected chi connectivity index (χ0v) is 10.5. The minimum atomic E-state index is -0.339. The molecule has 0 aromatic heterocycles. The van der Waals surface area contributed by atoms with Gasteiger partial charge in [0.15, 0.2) is 18.1 Å². The Morgan fingerprint density at radius 1 is 1.47 bits per heavy atom. The highest BCUT2D eigenvalue weighted by atomic mass is 16.5. The summed E-state index contributed by atoms with van der Waals surface area (Å²) in [7, 11) is 1.47. The Labute approximate surface area is 110 Å². The standard InChI is InChI=1S/C13H14N2O4/c1-18-11-4-3-10(8-16)7-12(11)19-9-13(17)15-6-2-5-14/h3-4,7-8H,2,6,9H2,1H3,(H,15,17). The Bertz CT molecular complexity index is 494. The zero-order chi connectivity index (χ0) is 14.1. The minimum absolute atomic E-state index is 0.204. The molecule has 1 aromatic rings. The Hall–Kier alpha value is -2.55. The Kier molecular flexibility index (Phi) is 5.89. The Morgan fingerprint density at radius 2 is 2.26 bits per heavy atom. The first-order valence-electron chi connectivity index (χ1n) is 5.61. The van der Waals surface area contributed by atoms with Crippen LogP contribution in [-0.2, 0) is 4.79 Å². The van der Waals surface area contributed by atoms with Crippen LogP contribution in [0.15, 0.2) is 18.2 Å². The predicted molar refractivity (Wildman–Crippen MR) is 67.1 cm³/mol. The van der Waals surface area contributed by atoms with Gasteiger partial charge in [0.2, 0.25) is 0 Å². The first-order valence-corrected chi connectivity index (χ1v) is 5.61. The highest BCUT2D eigenvalue weighted by molar-refractivity contribution is 5.78. The summed E-state index contributed by atoms with van der Waals surface area (Å²) < 4.78 is 10.3. The molecule has 0 aliphatic heterocycles. The van der Waals surface area contributed by atoms with E-state index in [0.29, 0.717) is 23.3 Å². The highest BCUT2D eigenvalue weighted by Crippen LogP contribution is 2.27. The van der Waals surface area contributed by atoms with Gasteiger partial charge in [-0.15, -0.1) is 0 Å². The second-order valence-corrected chi connectivity index (χ2v) is 3.57. The number of nitriles is 1. The van der Waals surface area contributed by atoms with Crippen molar-refractivity contribution in [3.63, 3.8) is 0 Å². The summed E-state index contributed by atoms with van der Waals surface area (Å²) >= 11 is 0. The summed E-state index contributed by atoms with van der Waals surface area (Å²) in [6.45, 7) is 0.0777. The van der Waals surface area contributed by atoms with Gasteiger partial charge in [-0.1, -0.05) is 0 Å². The number of ether oxygens (including phenoxy) is 2. The molecular weight excluding hydrogens is 248 g/mol. The van der Waals surface area contributed by atoms with Gasteiger partial charge in [0.05, 0.1) is 19.6 Å². The zero-order valence-electron chi connectivity index (χ0n) is 10.5. The van der Waals surface area contributed by atoms with E-state index in [9.17, 15) is 9.59 Å².